The molecular weight excluding hydrogens is 357 g/mol. The molecule has 0 aliphatic rings. The van der Waals surface area contributed by atoms with E-state index < -0.39 is 15.8 Å². The molecule has 0 fully saturated rings. The maximum atomic E-state index is 13.6. The molecule has 5 nitrogen and oxygen atoms in total. The fourth-order valence-electron chi connectivity index (χ4n) is 1.91. The van der Waals surface area contributed by atoms with Gasteiger partial charge in [0.05, 0.1) is 12.0 Å². The van der Waals surface area contributed by atoms with Crippen LogP contribution in [0.3, 0.4) is 0 Å². The van der Waals surface area contributed by atoms with Crippen LogP contribution in [0.25, 0.3) is 0 Å². The number of benzene rings is 2. The molecule has 0 aliphatic carbocycles. The quantitative estimate of drug-likeness (QED) is 0.757. The predicted octanol–water partition coefficient (Wildman–Crippen LogP) is 3.15. The third kappa shape index (κ3) is 4.59. The summed E-state index contributed by atoms with van der Waals surface area (Å²) in [6.07, 6.45) is 0. The average Bonchev–Trinajstić information content (AvgIpc) is 2.54. The van der Waals surface area contributed by atoms with Crippen LogP contribution in [0.1, 0.15) is 5.56 Å². The second-order valence-corrected chi connectivity index (χ2v) is 7.13. The first-order chi connectivity index (χ1) is 11.3. The molecule has 0 saturated heterocycles. The van der Waals surface area contributed by atoms with Crippen molar-refractivity contribution in [1.29, 1.82) is 0 Å². The van der Waals surface area contributed by atoms with Gasteiger partial charge in [0.1, 0.15) is 12.4 Å². The summed E-state index contributed by atoms with van der Waals surface area (Å²) in [7, 11) is -2.52. The number of sulfonamides is 1. The van der Waals surface area contributed by atoms with E-state index in [-0.39, 0.29) is 23.8 Å². The van der Waals surface area contributed by atoms with Gasteiger partial charge < -0.3 is 9.47 Å². The summed E-state index contributed by atoms with van der Waals surface area (Å²) < 4.78 is 50.3. The van der Waals surface area contributed by atoms with Gasteiger partial charge in [-0.15, -0.1) is 0 Å². The second-order valence-electron chi connectivity index (χ2n) is 4.95. The highest BCUT2D eigenvalue weighted by molar-refractivity contribution is 7.89. The zero-order valence-electron chi connectivity index (χ0n) is 13.2. The topological polar surface area (TPSA) is 64.6 Å². The van der Waals surface area contributed by atoms with Crippen LogP contribution in [0.4, 0.5) is 4.39 Å². The van der Waals surface area contributed by atoms with E-state index in [1.807, 2.05) is 13.0 Å². The number of halogens is 2. The Balaban J connectivity index is 1.93. The molecule has 0 radical (unpaired) electrons. The largest absolute Gasteiger partial charge is 0.494 e. The van der Waals surface area contributed by atoms with Gasteiger partial charge in [-0.05, 0) is 42.8 Å². The lowest BCUT2D eigenvalue weighted by Crippen LogP contribution is -2.28. The van der Waals surface area contributed by atoms with Gasteiger partial charge >= 0.3 is 0 Å². The molecule has 1 N–H and O–H groups in total. The minimum atomic E-state index is -3.83. The number of ether oxygens (including phenoxy) is 2. The van der Waals surface area contributed by atoms with Crippen molar-refractivity contribution in [3.63, 3.8) is 0 Å². The van der Waals surface area contributed by atoms with Crippen LogP contribution in [-0.4, -0.2) is 28.7 Å². The van der Waals surface area contributed by atoms with Crippen molar-refractivity contribution in [2.24, 2.45) is 0 Å². The number of hydrogen-bond acceptors (Lipinski definition) is 4. The SMILES string of the molecule is COc1ccc(S(=O)(=O)NCCOc2ccc(C)c(Cl)c2)cc1F. The Morgan fingerprint density at radius 1 is 1.21 bits per heavy atom. The molecule has 2 aromatic carbocycles. The maximum absolute atomic E-state index is 13.6. The van der Waals surface area contributed by atoms with Gasteiger partial charge in [0.2, 0.25) is 10.0 Å². The molecule has 0 amide bonds. The van der Waals surface area contributed by atoms with Gasteiger partial charge in [-0.3, -0.25) is 0 Å². The van der Waals surface area contributed by atoms with Crippen molar-refractivity contribution in [2.75, 3.05) is 20.3 Å². The molecule has 8 heteroatoms. The van der Waals surface area contributed by atoms with Crippen molar-refractivity contribution in [2.45, 2.75) is 11.8 Å². The van der Waals surface area contributed by atoms with Crippen LogP contribution in [0.5, 0.6) is 11.5 Å². The highest BCUT2D eigenvalue weighted by Gasteiger charge is 2.16. The highest BCUT2D eigenvalue weighted by atomic mass is 35.5. The Morgan fingerprint density at radius 2 is 1.96 bits per heavy atom. The summed E-state index contributed by atoms with van der Waals surface area (Å²) in [6.45, 7) is 2.01. The summed E-state index contributed by atoms with van der Waals surface area (Å²) in [6, 6.07) is 8.64. The smallest absolute Gasteiger partial charge is 0.240 e. The lowest BCUT2D eigenvalue weighted by Gasteiger charge is -2.10. The second kappa shape index (κ2) is 7.83. The maximum Gasteiger partial charge on any atom is 0.240 e. The van der Waals surface area contributed by atoms with Crippen LogP contribution < -0.4 is 14.2 Å². The minimum absolute atomic E-state index is 0.0199. The van der Waals surface area contributed by atoms with Crippen molar-refractivity contribution < 1.29 is 22.3 Å². The Hall–Kier alpha value is -1.83. The van der Waals surface area contributed by atoms with Gasteiger partial charge in [0.25, 0.3) is 0 Å². The normalized spacial score (nSPS) is 11.3. The fraction of sp³-hybridized carbons (Fsp3) is 0.250. The summed E-state index contributed by atoms with van der Waals surface area (Å²) in [4.78, 5) is -0.181. The molecule has 2 aromatic rings. The van der Waals surface area contributed by atoms with Crippen molar-refractivity contribution >= 4 is 21.6 Å². The molecule has 0 spiro atoms. The Bertz CT molecular complexity index is 827. The zero-order valence-corrected chi connectivity index (χ0v) is 14.7. The van der Waals surface area contributed by atoms with Gasteiger partial charge in [0.15, 0.2) is 11.6 Å². The van der Waals surface area contributed by atoms with Gasteiger partial charge in [-0.25, -0.2) is 17.5 Å². The molecular formula is C16H17ClFNO4S. The molecule has 0 heterocycles. The molecule has 24 heavy (non-hydrogen) atoms. The van der Waals surface area contributed by atoms with E-state index in [4.69, 9.17) is 21.1 Å². The third-order valence-corrected chi connectivity index (χ3v) is 5.11. The van der Waals surface area contributed by atoms with E-state index in [0.717, 1.165) is 11.6 Å². The van der Waals surface area contributed by atoms with E-state index in [1.165, 1.54) is 19.2 Å². The molecule has 0 atom stereocenters. The minimum Gasteiger partial charge on any atom is -0.494 e. The highest BCUT2D eigenvalue weighted by Crippen LogP contribution is 2.22. The Labute approximate surface area is 145 Å². The van der Waals surface area contributed by atoms with Gasteiger partial charge in [-0.2, -0.15) is 0 Å². The lowest BCUT2D eigenvalue weighted by molar-refractivity contribution is 0.323. The summed E-state index contributed by atoms with van der Waals surface area (Å²) in [5, 5.41) is 0.571. The van der Waals surface area contributed by atoms with Crippen LogP contribution in [0.15, 0.2) is 41.3 Å². The molecule has 2 rings (SSSR count). The van der Waals surface area contributed by atoms with Crippen molar-refractivity contribution in [3.05, 3.63) is 52.8 Å². The van der Waals surface area contributed by atoms with Crippen molar-refractivity contribution in [1.82, 2.24) is 4.72 Å². The van der Waals surface area contributed by atoms with Crippen LogP contribution in [0.2, 0.25) is 5.02 Å². The van der Waals surface area contributed by atoms with E-state index in [9.17, 15) is 12.8 Å². The molecule has 0 unspecified atom stereocenters. The van der Waals surface area contributed by atoms with Gasteiger partial charge in [-0.1, -0.05) is 17.7 Å². The number of nitrogens with one attached hydrogen (secondary N) is 1. The first kappa shape index (κ1) is 18.5. The van der Waals surface area contributed by atoms with Gasteiger partial charge in [0, 0.05) is 11.6 Å². The number of aryl methyl sites for hydroxylation is 1. The molecule has 0 bridgehead atoms. The molecule has 0 aromatic heterocycles. The Kier molecular flexibility index (Phi) is 6.04. The number of hydrogen-bond donors (Lipinski definition) is 1. The predicted molar refractivity (Wildman–Crippen MR) is 89.8 cm³/mol. The third-order valence-electron chi connectivity index (χ3n) is 3.24. The zero-order chi connectivity index (χ0) is 17.7. The lowest BCUT2D eigenvalue weighted by atomic mass is 10.2. The van der Waals surface area contributed by atoms with E-state index in [0.29, 0.717) is 10.8 Å². The average molecular weight is 374 g/mol. The first-order valence-electron chi connectivity index (χ1n) is 7.05. The van der Waals surface area contributed by atoms with E-state index in [2.05, 4.69) is 4.72 Å². The number of rotatable bonds is 7. The molecule has 0 aliphatic heterocycles. The van der Waals surface area contributed by atoms with Crippen LogP contribution in [-0.2, 0) is 10.0 Å². The number of methoxy groups -OCH3 is 1. The fourth-order valence-corrected chi connectivity index (χ4v) is 3.10. The summed E-state index contributed by atoms with van der Waals surface area (Å²) >= 11 is 5.98. The standard InChI is InChI=1S/C16H17ClFNO4S/c1-11-3-4-12(9-14(11)17)23-8-7-19-24(20,21)13-5-6-16(22-2)15(18)10-13/h3-6,9-10,19H,7-8H2,1-2H3. The first-order valence-corrected chi connectivity index (χ1v) is 8.92. The molecule has 130 valence electrons. The Morgan fingerprint density at radius 3 is 2.58 bits per heavy atom. The van der Waals surface area contributed by atoms with Crippen molar-refractivity contribution in [3.8, 4) is 11.5 Å². The summed E-state index contributed by atoms with van der Waals surface area (Å²) in [5.74, 6) is -0.222. The van der Waals surface area contributed by atoms with E-state index in [1.54, 1.807) is 12.1 Å². The van der Waals surface area contributed by atoms with E-state index >= 15 is 0 Å². The molecule has 0 saturated carbocycles. The van der Waals surface area contributed by atoms with Crippen LogP contribution in [0, 0.1) is 12.7 Å². The summed E-state index contributed by atoms with van der Waals surface area (Å²) in [5.41, 5.74) is 0.922. The monoisotopic (exact) mass is 373 g/mol. The van der Waals surface area contributed by atoms with Crippen LogP contribution >= 0.6 is 11.6 Å².